The number of imidazole rings is 1. The zero-order valence-electron chi connectivity index (χ0n) is 10.6. The van der Waals surface area contributed by atoms with Crippen LogP contribution in [0.2, 0.25) is 0 Å². The van der Waals surface area contributed by atoms with Crippen LogP contribution in [0.3, 0.4) is 0 Å². The molecule has 3 aromatic rings. The number of para-hydroxylation sites is 1. The first kappa shape index (κ1) is 11.9. The zero-order chi connectivity index (χ0) is 13.1. The Labute approximate surface area is 111 Å². The molecule has 0 spiro atoms. The summed E-state index contributed by atoms with van der Waals surface area (Å²) in [4.78, 5) is 7.90. The fourth-order valence-corrected chi connectivity index (χ4v) is 2.30. The maximum Gasteiger partial charge on any atom is 0.107 e. The molecule has 0 aliphatic rings. The van der Waals surface area contributed by atoms with Crippen LogP contribution >= 0.6 is 0 Å². The van der Waals surface area contributed by atoms with Crippen molar-refractivity contribution < 1.29 is 5.11 Å². The molecular weight excluding hydrogens is 236 g/mol. The summed E-state index contributed by atoms with van der Waals surface area (Å²) in [6, 6.07) is 16.2. The number of rotatable bonds is 4. The minimum atomic E-state index is 0.0281. The molecule has 0 amide bonds. The Bertz CT molecular complexity index is 674. The number of aliphatic hydroxyl groups is 1. The maximum atomic E-state index is 9.30. The van der Waals surface area contributed by atoms with Crippen LogP contribution in [0.15, 0.2) is 48.5 Å². The summed E-state index contributed by atoms with van der Waals surface area (Å²) in [5, 5.41) is 9.30. The van der Waals surface area contributed by atoms with Crippen molar-refractivity contribution >= 4 is 11.0 Å². The molecule has 96 valence electrons. The van der Waals surface area contributed by atoms with Crippen molar-refractivity contribution in [3.63, 3.8) is 0 Å². The molecule has 19 heavy (non-hydrogen) atoms. The highest BCUT2D eigenvalue weighted by Gasteiger charge is 2.06. The molecule has 3 nitrogen and oxygen atoms in total. The molecule has 0 fully saturated rings. The SMILES string of the molecule is OCc1cccc2[nH]c(CCc3ccccc3)nc12. The number of nitrogens with zero attached hydrogens (tertiary/aromatic N) is 1. The van der Waals surface area contributed by atoms with E-state index >= 15 is 0 Å². The second-order valence-corrected chi connectivity index (χ2v) is 4.64. The first-order valence-electron chi connectivity index (χ1n) is 6.48. The van der Waals surface area contributed by atoms with Gasteiger partial charge >= 0.3 is 0 Å². The molecule has 0 aliphatic carbocycles. The fraction of sp³-hybridized carbons (Fsp3) is 0.188. The lowest BCUT2D eigenvalue weighted by atomic mass is 10.1. The first-order valence-corrected chi connectivity index (χ1v) is 6.48. The van der Waals surface area contributed by atoms with Gasteiger partial charge in [0.25, 0.3) is 0 Å². The lowest BCUT2D eigenvalue weighted by Crippen LogP contribution is -1.93. The van der Waals surface area contributed by atoms with Crippen LogP contribution in [-0.2, 0) is 19.4 Å². The lowest BCUT2D eigenvalue weighted by Gasteiger charge is -1.98. The van der Waals surface area contributed by atoms with Gasteiger partial charge in [-0.3, -0.25) is 0 Å². The smallest absolute Gasteiger partial charge is 0.107 e. The van der Waals surface area contributed by atoms with E-state index in [1.807, 2.05) is 24.3 Å². The number of hydrogen-bond donors (Lipinski definition) is 2. The van der Waals surface area contributed by atoms with E-state index in [2.05, 4.69) is 34.2 Å². The van der Waals surface area contributed by atoms with Crippen LogP contribution < -0.4 is 0 Å². The fourth-order valence-electron chi connectivity index (χ4n) is 2.30. The van der Waals surface area contributed by atoms with Crippen molar-refractivity contribution in [2.75, 3.05) is 0 Å². The average molecular weight is 252 g/mol. The van der Waals surface area contributed by atoms with Gasteiger partial charge in [-0.1, -0.05) is 42.5 Å². The Morgan fingerprint density at radius 3 is 2.58 bits per heavy atom. The minimum Gasteiger partial charge on any atom is -0.392 e. The van der Waals surface area contributed by atoms with Gasteiger partial charge in [0, 0.05) is 12.0 Å². The summed E-state index contributed by atoms with van der Waals surface area (Å²) in [7, 11) is 0. The highest BCUT2D eigenvalue weighted by atomic mass is 16.3. The Balaban J connectivity index is 1.82. The van der Waals surface area contributed by atoms with Crippen molar-refractivity contribution in [3.8, 4) is 0 Å². The Kier molecular flexibility index (Phi) is 3.29. The summed E-state index contributed by atoms with van der Waals surface area (Å²) in [5.74, 6) is 0.972. The summed E-state index contributed by atoms with van der Waals surface area (Å²) in [5.41, 5.74) is 4.06. The normalized spacial score (nSPS) is 11.0. The summed E-state index contributed by atoms with van der Waals surface area (Å²) < 4.78 is 0. The predicted octanol–water partition coefficient (Wildman–Crippen LogP) is 2.84. The van der Waals surface area contributed by atoms with E-state index < -0.39 is 0 Å². The molecule has 0 radical (unpaired) electrons. The first-order chi connectivity index (χ1) is 9.36. The topological polar surface area (TPSA) is 48.9 Å². The van der Waals surface area contributed by atoms with Crippen molar-refractivity contribution in [2.24, 2.45) is 0 Å². The average Bonchev–Trinajstić information content (AvgIpc) is 2.89. The van der Waals surface area contributed by atoms with Crippen LogP contribution in [0.25, 0.3) is 11.0 Å². The zero-order valence-corrected chi connectivity index (χ0v) is 10.6. The molecule has 0 saturated heterocycles. The van der Waals surface area contributed by atoms with Crippen LogP contribution in [-0.4, -0.2) is 15.1 Å². The molecule has 0 bridgehead atoms. The van der Waals surface area contributed by atoms with E-state index in [1.165, 1.54) is 5.56 Å². The molecule has 1 aromatic heterocycles. The van der Waals surface area contributed by atoms with Crippen LogP contribution in [0.4, 0.5) is 0 Å². The quantitative estimate of drug-likeness (QED) is 0.750. The molecule has 0 atom stereocenters. The predicted molar refractivity (Wildman–Crippen MR) is 75.9 cm³/mol. The van der Waals surface area contributed by atoms with E-state index in [0.29, 0.717) is 0 Å². The van der Waals surface area contributed by atoms with Gasteiger partial charge in [-0.25, -0.2) is 4.98 Å². The molecule has 3 heteroatoms. The second kappa shape index (κ2) is 5.24. The summed E-state index contributed by atoms with van der Waals surface area (Å²) >= 11 is 0. The molecule has 0 unspecified atom stereocenters. The third kappa shape index (κ3) is 2.51. The molecule has 2 N–H and O–H groups in total. The number of H-pyrrole nitrogens is 1. The highest BCUT2D eigenvalue weighted by Crippen LogP contribution is 2.17. The number of aryl methyl sites for hydroxylation is 2. The Morgan fingerprint density at radius 2 is 1.79 bits per heavy atom. The van der Waals surface area contributed by atoms with Crippen molar-refractivity contribution in [2.45, 2.75) is 19.4 Å². The standard InChI is InChI=1S/C16H16N2O/c19-11-13-7-4-8-14-16(13)18-15(17-14)10-9-12-5-2-1-3-6-12/h1-8,19H,9-11H2,(H,17,18). The number of nitrogens with one attached hydrogen (secondary N) is 1. The van der Waals surface area contributed by atoms with E-state index in [-0.39, 0.29) is 6.61 Å². The van der Waals surface area contributed by atoms with Crippen molar-refractivity contribution in [3.05, 3.63) is 65.5 Å². The van der Waals surface area contributed by atoms with E-state index in [0.717, 1.165) is 35.3 Å². The van der Waals surface area contributed by atoms with Gasteiger partial charge in [-0.05, 0) is 18.1 Å². The second-order valence-electron chi connectivity index (χ2n) is 4.64. The van der Waals surface area contributed by atoms with E-state index in [1.54, 1.807) is 0 Å². The lowest BCUT2D eigenvalue weighted by molar-refractivity contribution is 0.283. The molecule has 0 saturated carbocycles. The van der Waals surface area contributed by atoms with Gasteiger partial charge in [0.2, 0.25) is 0 Å². The van der Waals surface area contributed by atoms with Gasteiger partial charge in [0.15, 0.2) is 0 Å². The van der Waals surface area contributed by atoms with Gasteiger partial charge in [0.05, 0.1) is 17.6 Å². The van der Waals surface area contributed by atoms with Gasteiger partial charge in [-0.2, -0.15) is 0 Å². The van der Waals surface area contributed by atoms with Crippen molar-refractivity contribution in [1.29, 1.82) is 0 Å². The number of aromatic amines is 1. The molecule has 2 aromatic carbocycles. The third-order valence-corrected chi connectivity index (χ3v) is 3.31. The number of benzene rings is 2. The van der Waals surface area contributed by atoms with Crippen LogP contribution in [0.5, 0.6) is 0 Å². The number of fused-ring (bicyclic) bond motifs is 1. The minimum absolute atomic E-state index is 0.0281. The van der Waals surface area contributed by atoms with Crippen LogP contribution in [0.1, 0.15) is 17.0 Å². The molecule has 0 aliphatic heterocycles. The molecule has 3 rings (SSSR count). The van der Waals surface area contributed by atoms with Gasteiger partial charge in [0.1, 0.15) is 5.82 Å². The maximum absolute atomic E-state index is 9.30. The van der Waals surface area contributed by atoms with Gasteiger partial charge < -0.3 is 10.1 Å². The summed E-state index contributed by atoms with van der Waals surface area (Å²) in [6.45, 7) is 0.0281. The van der Waals surface area contributed by atoms with Crippen molar-refractivity contribution in [1.82, 2.24) is 9.97 Å². The molecule has 1 heterocycles. The van der Waals surface area contributed by atoms with E-state index in [9.17, 15) is 5.11 Å². The summed E-state index contributed by atoms with van der Waals surface area (Å²) in [6.07, 6.45) is 1.85. The van der Waals surface area contributed by atoms with E-state index in [4.69, 9.17) is 0 Å². The number of aromatic nitrogens is 2. The highest BCUT2D eigenvalue weighted by molar-refractivity contribution is 5.78. The number of aliphatic hydroxyl groups excluding tert-OH is 1. The number of hydrogen-bond acceptors (Lipinski definition) is 2. The Morgan fingerprint density at radius 1 is 0.947 bits per heavy atom. The Hall–Kier alpha value is -2.13. The van der Waals surface area contributed by atoms with Gasteiger partial charge in [-0.15, -0.1) is 0 Å². The third-order valence-electron chi connectivity index (χ3n) is 3.31. The molecular formula is C16H16N2O. The van der Waals surface area contributed by atoms with Crippen LogP contribution in [0, 0.1) is 0 Å². The monoisotopic (exact) mass is 252 g/mol. The largest absolute Gasteiger partial charge is 0.392 e.